The molecule has 0 bridgehead atoms. The second-order valence-electron chi connectivity index (χ2n) is 4.80. The van der Waals surface area contributed by atoms with E-state index in [2.05, 4.69) is 10.4 Å². The van der Waals surface area contributed by atoms with Gasteiger partial charge in [0.05, 0.1) is 0 Å². The Morgan fingerprint density at radius 2 is 2.00 bits per heavy atom. The Morgan fingerprint density at radius 3 is 2.77 bits per heavy atom. The van der Waals surface area contributed by atoms with Crippen molar-refractivity contribution < 1.29 is 9.18 Å². The third-order valence-electron chi connectivity index (χ3n) is 3.24. The molecule has 0 spiro atoms. The number of aromatic nitrogens is 3. The van der Waals surface area contributed by atoms with E-state index in [9.17, 15) is 14.0 Å². The van der Waals surface area contributed by atoms with Crippen molar-refractivity contribution in [3.05, 3.63) is 70.7 Å². The van der Waals surface area contributed by atoms with Gasteiger partial charge in [0.1, 0.15) is 24.2 Å². The predicted octanol–water partition coefficient (Wildman–Crippen LogP) is 0.951. The van der Waals surface area contributed by atoms with Gasteiger partial charge in [-0.15, -0.1) is 0 Å². The van der Waals surface area contributed by atoms with E-state index in [1.54, 1.807) is 34.9 Å². The summed E-state index contributed by atoms with van der Waals surface area (Å²) in [7, 11) is 0. The zero-order valence-electron chi connectivity index (χ0n) is 11.6. The second-order valence-corrected chi connectivity index (χ2v) is 4.80. The monoisotopic (exact) mass is 300 g/mol. The van der Waals surface area contributed by atoms with Crippen LogP contribution in [0.5, 0.6) is 0 Å². The minimum Gasteiger partial charge on any atom is -0.350 e. The van der Waals surface area contributed by atoms with Crippen LogP contribution in [0.2, 0.25) is 0 Å². The third kappa shape index (κ3) is 2.88. The molecular weight excluding hydrogens is 287 g/mol. The molecule has 6 nitrogen and oxygen atoms in total. The molecule has 7 heteroatoms. The number of carbonyl (C=O) groups is 1. The number of carbonyl (C=O) groups excluding carboxylic acids is 1. The third-order valence-corrected chi connectivity index (χ3v) is 3.24. The molecule has 22 heavy (non-hydrogen) atoms. The summed E-state index contributed by atoms with van der Waals surface area (Å²) in [5.41, 5.74) is 0.905. The first-order valence-corrected chi connectivity index (χ1v) is 6.67. The van der Waals surface area contributed by atoms with Gasteiger partial charge in [0.15, 0.2) is 0 Å². The molecule has 0 saturated carbocycles. The zero-order valence-corrected chi connectivity index (χ0v) is 11.6. The summed E-state index contributed by atoms with van der Waals surface area (Å²) in [4.78, 5) is 24.0. The lowest BCUT2D eigenvalue weighted by Gasteiger charge is -2.07. The van der Waals surface area contributed by atoms with Gasteiger partial charge in [0.25, 0.3) is 5.56 Å². The quantitative estimate of drug-likeness (QED) is 0.780. The Kier molecular flexibility index (Phi) is 3.69. The molecule has 112 valence electrons. The maximum Gasteiger partial charge on any atom is 0.291 e. The van der Waals surface area contributed by atoms with Gasteiger partial charge in [-0.25, -0.2) is 9.07 Å². The predicted molar refractivity (Wildman–Crippen MR) is 77.7 cm³/mol. The van der Waals surface area contributed by atoms with Crippen molar-refractivity contribution in [2.45, 2.75) is 13.1 Å². The maximum absolute atomic E-state index is 12.8. The standard InChI is InChI=1S/C15H13FN4O2/c16-12-5-3-11(4-6-12)8-17-14(21)9-20-15(22)13-2-1-7-19(13)10-18-20/h1-7,10H,8-9H2,(H,17,21). The lowest BCUT2D eigenvalue weighted by Crippen LogP contribution is -2.33. The molecule has 0 radical (unpaired) electrons. The van der Waals surface area contributed by atoms with E-state index in [1.807, 2.05) is 0 Å². The van der Waals surface area contributed by atoms with E-state index in [-0.39, 0.29) is 30.4 Å². The van der Waals surface area contributed by atoms with E-state index in [0.717, 1.165) is 10.2 Å². The van der Waals surface area contributed by atoms with Crippen molar-refractivity contribution in [1.29, 1.82) is 0 Å². The highest BCUT2D eigenvalue weighted by molar-refractivity contribution is 5.75. The highest BCUT2D eigenvalue weighted by Gasteiger charge is 2.08. The van der Waals surface area contributed by atoms with Crippen LogP contribution < -0.4 is 10.9 Å². The summed E-state index contributed by atoms with van der Waals surface area (Å²) in [6.07, 6.45) is 3.19. The normalized spacial score (nSPS) is 10.8. The Hall–Kier alpha value is -2.96. The largest absolute Gasteiger partial charge is 0.350 e. The number of fused-ring (bicyclic) bond motifs is 1. The van der Waals surface area contributed by atoms with Crippen molar-refractivity contribution in [2.75, 3.05) is 0 Å². The topological polar surface area (TPSA) is 68.4 Å². The molecule has 3 aromatic rings. The average Bonchev–Trinajstić information content (AvgIpc) is 2.99. The zero-order chi connectivity index (χ0) is 15.5. The fourth-order valence-electron chi connectivity index (χ4n) is 2.09. The molecular formula is C15H13FN4O2. The fourth-order valence-corrected chi connectivity index (χ4v) is 2.09. The second kappa shape index (κ2) is 5.80. The van der Waals surface area contributed by atoms with Crippen molar-refractivity contribution >= 4 is 11.4 Å². The van der Waals surface area contributed by atoms with Crippen LogP contribution in [0, 0.1) is 5.82 Å². The summed E-state index contributed by atoms with van der Waals surface area (Å²) in [6.45, 7) is 0.100. The molecule has 3 rings (SSSR count). The van der Waals surface area contributed by atoms with Crippen LogP contribution in [0.15, 0.2) is 53.7 Å². The number of nitrogens with zero attached hydrogens (tertiary/aromatic N) is 3. The van der Waals surface area contributed by atoms with Crippen molar-refractivity contribution in [1.82, 2.24) is 19.5 Å². The summed E-state index contributed by atoms with van der Waals surface area (Å²) in [6, 6.07) is 9.23. The summed E-state index contributed by atoms with van der Waals surface area (Å²) >= 11 is 0. The number of halogens is 1. The minimum absolute atomic E-state index is 0.165. The summed E-state index contributed by atoms with van der Waals surface area (Å²) < 4.78 is 15.5. The molecule has 2 heterocycles. The van der Waals surface area contributed by atoms with E-state index >= 15 is 0 Å². The molecule has 1 N–H and O–H groups in total. The Labute approximate surface area is 124 Å². The molecule has 0 aliphatic rings. The van der Waals surface area contributed by atoms with Crippen LogP contribution in [0.4, 0.5) is 4.39 Å². The molecule has 0 aliphatic carbocycles. The van der Waals surface area contributed by atoms with Crippen molar-refractivity contribution in [3.63, 3.8) is 0 Å². The molecule has 0 atom stereocenters. The van der Waals surface area contributed by atoms with E-state index in [0.29, 0.717) is 5.52 Å². The van der Waals surface area contributed by atoms with Gasteiger partial charge >= 0.3 is 0 Å². The SMILES string of the molecule is O=C(Cn1ncn2cccc2c1=O)NCc1ccc(F)cc1. The molecule has 2 aromatic heterocycles. The first-order valence-electron chi connectivity index (χ1n) is 6.67. The van der Waals surface area contributed by atoms with Crippen LogP contribution in [0.3, 0.4) is 0 Å². The Bertz CT molecular complexity index is 867. The fraction of sp³-hybridized carbons (Fsp3) is 0.133. The first kappa shape index (κ1) is 14.0. The number of rotatable bonds is 4. The molecule has 1 aromatic carbocycles. The minimum atomic E-state index is -0.338. The summed E-state index contributed by atoms with van der Waals surface area (Å²) in [5.74, 6) is -0.666. The van der Waals surface area contributed by atoms with Gasteiger partial charge in [-0.3, -0.25) is 9.59 Å². The number of nitrogens with one attached hydrogen (secondary N) is 1. The highest BCUT2D eigenvalue weighted by Crippen LogP contribution is 2.02. The van der Waals surface area contributed by atoms with Crippen LogP contribution in [0.25, 0.3) is 5.52 Å². The number of hydrogen-bond acceptors (Lipinski definition) is 3. The van der Waals surface area contributed by atoms with Crippen LogP contribution in [0.1, 0.15) is 5.56 Å². The number of benzene rings is 1. The Balaban J connectivity index is 1.66. The summed E-state index contributed by atoms with van der Waals surface area (Å²) in [5, 5.41) is 6.61. The van der Waals surface area contributed by atoms with Gasteiger partial charge in [0, 0.05) is 12.7 Å². The van der Waals surface area contributed by atoms with Crippen molar-refractivity contribution in [3.8, 4) is 0 Å². The first-order chi connectivity index (χ1) is 10.6. The molecule has 0 fully saturated rings. The molecule has 0 saturated heterocycles. The lowest BCUT2D eigenvalue weighted by atomic mass is 10.2. The van der Waals surface area contributed by atoms with Crippen LogP contribution >= 0.6 is 0 Å². The Morgan fingerprint density at radius 1 is 1.23 bits per heavy atom. The highest BCUT2D eigenvalue weighted by atomic mass is 19.1. The van der Waals surface area contributed by atoms with Crippen LogP contribution in [-0.2, 0) is 17.9 Å². The van der Waals surface area contributed by atoms with Gasteiger partial charge < -0.3 is 9.72 Å². The molecule has 0 unspecified atom stereocenters. The van der Waals surface area contributed by atoms with E-state index < -0.39 is 0 Å². The lowest BCUT2D eigenvalue weighted by molar-refractivity contribution is -0.122. The van der Waals surface area contributed by atoms with Crippen LogP contribution in [-0.4, -0.2) is 20.1 Å². The van der Waals surface area contributed by atoms with Gasteiger partial charge in [-0.2, -0.15) is 5.10 Å². The number of amides is 1. The smallest absolute Gasteiger partial charge is 0.291 e. The van der Waals surface area contributed by atoms with Gasteiger partial charge in [-0.1, -0.05) is 12.1 Å². The average molecular weight is 300 g/mol. The number of hydrogen-bond donors (Lipinski definition) is 1. The van der Waals surface area contributed by atoms with E-state index in [1.165, 1.54) is 18.5 Å². The van der Waals surface area contributed by atoms with Crippen molar-refractivity contribution in [2.24, 2.45) is 0 Å². The van der Waals surface area contributed by atoms with Gasteiger partial charge in [0.2, 0.25) is 5.91 Å². The maximum atomic E-state index is 12.8. The molecule has 0 aliphatic heterocycles. The van der Waals surface area contributed by atoms with E-state index in [4.69, 9.17) is 0 Å². The molecule has 1 amide bonds. The van der Waals surface area contributed by atoms with Gasteiger partial charge in [-0.05, 0) is 29.8 Å².